The average molecular weight is 251 g/mol. The minimum atomic E-state index is -0.427. The quantitative estimate of drug-likeness (QED) is 0.440. The molecule has 0 atom stereocenters. The molecule has 0 aliphatic carbocycles. The van der Waals surface area contributed by atoms with Crippen molar-refractivity contribution in [2.45, 2.75) is 19.8 Å². The molecule has 6 nitrogen and oxygen atoms in total. The molecule has 1 aromatic rings. The predicted octanol–water partition coefficient (Wildman–Crippen LogP) is 1.92. The van der Waals surface area contributed by atoms with E-state index in [9.17, 15) is 14.9 Å². The summed E-state index contributed by atoms with van der Waals surface area (Å²) in [7, 11) is 0. The first-order chi connectivity index (χ1) is 8.63. The zero-order valence-corrected chi connectivity index (χ0v) is 10.3. The first kappa shape index (κ1) is 14.0. The van der Waals surface area contributed by atoms with Crippen LogP contribution >= 0.6 is 0 Å². The Balaban J connectivity index is 2.23. The highest BCUT2D eigenvalue weighted by Gasteiger charge is 2.03. The molecule has 1 amide bonds. The summed E-state index contributed by atoms with van der Waals surface area (Å²) in [4.78, 5) is 21.0. The Hall–Kier alpha value is -2.11. The summed E-state index contributed by atoms with van der Waals surface area (Å²) in [5.41, 5.74) is 0.915. The van der Waals surface area contributed by atoms with Gasteiger partial charge < -0.3 is 10.6 Å². The zero-order valence-electron chi connectivity index (χ0n) is 10.3. The zero-order chi connectivity index (χ0) is 13.4. The van der Waals surface area contributed by atoms with Crippen LogP contribution < -0.4 is 10.6 Å². The Labute approximate surface area is 106 Å². The highest BCUT2D eigenvalue weighted by atomic mass is 16.6. The van der Waals surface area contributed by atoms with Crippen LogP contribution in [0.4, 0.5) is 11.4 Å². The Morgan fingerprint density at radius 3 is 2.50 bits per heavy atom. The summed E-state index contributed by atoms with van der Waals surface area (Å²) in [6, 6.07) is 6.26. The van der Waals surface area contributed by atoms with Crippen LogP contribution in [0.15, 0.2) is 24.3 Å². The number of non-ortho nitro benzene ring substituents is 1. The molecule has 0 aromatic heterocycles. The van der Waals surface area contributed by atoms with Crippen LogP contribution in [0.25, 0.3) is 0 Å². The Morgan fingerprint density at radius 2 is 1.94 bits per heavy atom. The third-order valence-corrected chi connectivity index (χ3v) is 2.40. The van der Waals surface area contributed by atoms with E-state index in [0.717, 1.165) is 12.1 Å². The average Bonchev–Trinajstić information content (AvgIpc) is 2.38. The fourth-order valence-corrected chi connectivity index (χ4v) is 1.37. The Morgan fingerprint density at radius 1 is 1.28 bits per heavy atom. The number of anilines is 1. The van der Waals surface area contributed by atoms with Crippen LogP contribution in [0.1, 0.15) is 19.8 Å². The van der Waals surface area contributed by atoms with Gasteiger partial charge in [0.15, 0.2) is 0 Å². The number of nitro groups is 1. The molecule has 0 saturated carbocycles. The minimum absolute atomic E-state index is 0.0466. The molecular weight excluding hydrogens is 234 g/mol. The van der Waals surface area contributed by atoms with Crippen molar-refractivity contribution in [3.63, 3.8) is 0 Å². The largest absolute Gasteiger partial charge is 0.385 e. The molecule has 1 aromatic carbocycles. The second-order valence-corrected chi connectivity index (χ2v) is 3.79. The third-order valence-electron chi connectivity index (χ3n) is 2.40. The van der Waals surface area contributed by atoms with Gasteiger partial charge >= 0.3 is 0 Å². The summed E-state index contributed by atoms with van der Waals surface area (Å²) in [6.07, 6.45) is 1.30. The minimum Gasteiger partial charge on any atom is -0.385 e. The fraction of sp³-hybridized carbons (Fsp3) is 0.417. The van der Waals surface area contributed by atoms with Crippen LogP contribution in [-0.2, 0) is 4.79 Å². The normalized spacial score (nSPS) is 9.83. The van der Waals surface area contributed by atoms with Gasteiger partial charge in [-0.3, -0.25) is 14.9 Å². The number of hydrogen-bond acceptors (Lipinski definition) is 4. The Bertz CT molecular complexity index is 404. The number of carbonyl (C=O) groups is 1. The van der Waals surface area contributed by atoms with Gasteiger partial charge in [0, 0.05) is 37.3 Å². The first-order valence-corrected chi connectivity index (χ1v) is 5.88. The van der Waals surface area contributed by atoms with Crippen LogP contribution in [0, 0.1) is 10.1 Å². The van der Waals surface area contributed by atoms with E-state index in [2.05, 4.69) is 10.6 Å². The van der Waals surface area contributed by atoms with Gasteiger partial charge in [0.2, 0.25) is 5.91 Å². The number of hydrogen-bond donors (Lipinski definition) is 2. The van der Waals surface area contributed by atoms with Crippen molar-refractivity contribution in [2.75, 3.05) is 18.4 Å². The van der Waals surface area contributed by atoms with Crippen LogP contribution in [0.2, 0.25) is 0 Å². The lowest BCUT2D eigenvalue weighted by Gasteiger charge is -2.06. The first-order valence-electron chi connectivity index (χ1n) is 5.88. The lowest BCUT2D eigenvalue weighted by atomic mass is 10.3. The van der Waals surface area contributed by atoms with Crippen molar-refractivity contribution in [3.05, 3.63) is 34.4 Å². The Kier molecular flexibility index (Phi) is 5.63. The van der Waals surface area contributed by atoms with Gasteiger partial charge in [0.05, 0.1) is 4.92 Å². The van der Waals surface area contributed by atoms with Crippen molar-refractivity contribution in [3.8, 4) is 0 Å². The number of carbonyl (C=O) groups excluding carboxylic acids is 1. The van der Waals surface area contributed by atoms with Crippen molar-refractivity contribution in [2.24, 2.45) is 0 Å². The molecule has 0 fully saturated rings. The molecule has 2 N–H and O–H groups in total. The molecule has 0 heterocycles. The fourth-order valence-electron chi connectivity index (χ4n) is 1.37. The summed E-state index contributed by atoms with van der Waals surface area (Å²) >= 11 is 0. The van der Waals surface area contributed by atoms with Crippen molar-refractivity contribution in [1.29, 1.82) is 0 Å². The monoisotopic (exact) mass is 251 g/mol. The van der Waals surface area contributed by atoms with Gasteiger partial charge in [0.1, 0.15) is 0 Å². The van der Waals surface area contributed by atoms with E-state index < -0.39 is 4.92 Å². The molecule has 0 aliphatic heterocycles. The summed E-state index contributed by atoms with van der Waals surface area (Å²) in [6.45, 7) is 3.15. The van der Waals surface area contributed by atoms with Crippen molar-refractivity contribution >= 4 is 17.3 Å². The van der Waals surface area contributed by atoms with E-state index in [4.69, 9.17) is 0 Å². The molecule has 0 saturated heterocycles. The van der Waals surface area contributed by atoms with E-state index in [1.165, 1.54) is 12.1 Å². The molecule has 98 valence electrons. The number of amides is 1. The third kappa shape index (κ3) is 4.82. The summed E-state index contributed by atoms with van der Waals surface area (Å²) in [5.74, 6) is 0.0466. The van der Waals surface area contributed by atoms with Gasteiger partial charge in [-0.2, -0.15) is 0 Å². The highest BCUT2D eigenvalue weighted by molar-refractivity contribution is 5.75. The molecule has 1 rings (SSSR count). The van der Waals surface area contributed by atoms with Gasteiger partial charge in [0.25, 0.3) is 5.69 Å². The molecule has 18 heavy (non-hydrogen) atoms. The lowest BCUT2D eigenvalue weighted by molar-refractivity contribution is -0.384. The highest BCUT2D eigenvalue weighted by Crippen LogP contribution is 2.14. The van der Waals surface area contributed by atoms with Crippen molar-refractivity contribution < 1.29 is 9.72 Å². The van der Waals surface area contributed by atoms with E-state index in [0.29, 0.717) is 19.5 Å². The van der Waals surface area contributed by atoms with Crippen LogP contribution in [0.5, 0.6) is 0 Å². The maximum Gasteiger partial charge on any atom is 0.269 e. The number of nitrogens with zero attached hydrogens (tertiary/aromatic N) is 1. The van der Waals surface area contributed by atoms with Crippen LogP contribution in [0.3, 0.4) is 0 Å². The second-order valence-electron chi connectivity index (χ2n) is 3.79. The molecule has 0 bridgehead atoms. The predicted molar refractivity (Wildman–Crippen MR) is 69.5 cm³/mol. The SMILES string of the molecule is CCC(=O)NCCCNc1ccc([N+](=O)[O-])cc1. The number of benzene rings is 1. The smallest absolute Gasteiger partial charge is 0.269 e. The molecule has 0 spiro atoms. The standard InChI is InChI=1S/C12H17N3O3/c1-2-12(16)14-9-3-8-13-10-4-6-11(7-5-10)15(17)18/h4-7,13H,2-3,8-9H2,1H3,(H,14,16). The van der Waals surface area contributed by atoms with E-state index in [1.54, 1.807) is 12.1 Å². The second kappa shape index (κ2) is 7.26. The maximum atomic E-state index is 11.0. The van der Waals surface area contributed by atoms with Gasteiger partial charge in [-0.15, -0.1) is 0 Å². The van der Waals surface area contributed by atoms with Gasteiger partial charge in [-0.05, 0) is 18.6 Å². The summed E-state index contributed by atoms with van der Waals surface area (Å²) in [5, 5.41) is 16.4. The molecule has 0 radical (unpaired) electrons. The summed E-state index contributed by atoms with van der Waals surface area (Å²) < 4.78 is 0. The number of rotatable bonds is 7. The number of nitro benzene ring substituents is 1. The van der Waals surface area contributed by atoms with Crippen LogP contribution in [-0.4, -0.2) is 23.9 Å². The van der Waals surface area contributed by atoms with E-state index >= 15 is 0 Å². The molecule has 0 unspecified atom stereocenters. The topological polar surface area (TPSA) is 84.3 Å². The van der Waals surface area contributed by atoms with E-state index in [1.807, 2.05) is 6.92 Å². The number of nitrogens with one attached hydrogen (secondary N) is 2. The van der Waals surface area contributed by atoms with Gasteiger partial charge in [-0.25, -0.2) is 0 Å². The molecular formula is C12H17N3O3. The molecule has 0 aliphatic rings. The molecule has 6 heteroatoms. The van der Waals surface area contributed by atoms with Crippen molar-refractivity contribution in [1.82, 2.24) is 5.32 Å². The lowest BCUT2D eigenvalue weighted by Crippen LogP contribution is -2.24. The van der Waals surface area contributed by atoms with E-state index in [-0.39, 0.29) is 11.6 Å². The van der Waals surface area contributed by atoms with Gasteiger partial charge in [-0.1, -0.05) is 6.92 Å². The maximum absolute atomic E-state index is 11.0.